The van der Waals surface area contributed by atoms with Gasteiger partial charge in [-0.2, -0.15) is 0 Å². The van der Waals surface area contributed by atoms with E-state index in [1.807, 2.05) is 18.9 Å². The molecule has 1 amide bonds. The lowest BCUT2D eigenvalue weighted by molar-refractivity contribution is -0.139. The van der Waals surface area contributed by atoms with E-state index in [0.29, 0.717) is 6.42 Å². The van der Waals surface area contributed by atoms with Gasteiger partial charge >= 0.3 is 0 Å². The summed E-state index contributed by atoms with van der Waals surface area (Å²) in [6, 6.07) is 0.280. The quantitative estimate of drug-likeness (QED) is 0.352. The highest BCUT2D eigenvalue weighted by Gasteiger charge is 2.40. The van der Waals surface area contributed by atoms with Crippen LogP contribution < -0.4 is 5.73 Å². The molecule has 3 N–H and O–H groups in total. The summed E-state index contributed by atoms with van der Waals surface area (Å²) in [7, 11) is 1.85. The Labute approximate surface area is 122 Å². The Morgan fingerprint density at radius 3 is 2.30 bits per heavy atom. The molecule has 0 spiro atoms. The summed E-state index contributed by atoms with van der Waals surface area (Å²) < 4.78 is 0. The first-order chi connectivity index (χ1) is 9.40. The van der Waals surface area contributed by atoms with Gasteiger partial charge in [-0.3, -0.25) is 4.79 Å². The third-order valence-electron chi connectivity index (χ3n) is 5.11. The van der Waals surface area contributed by atoms with Crippen LogP contribution in [0.1, 0.15) is 59.3 Å². The maximum atomic E-state index is 12.7. The second kappa shape index (κ2) is 6.95. The molecular formula is C15H29N3O2. The van der Waals surface area contributed by atoms with Gasteiger partial charge in [0.1, 0.15) is 5.41 Å². The SMILES string of the molecule is CCC1CCC(N(C)C(=O)C(C)(CC)C(N)=NO)CC1. The van der Waals surface area contributed by atoms with Crippen LogP contribution in [-0.2, 0) is 4.79 Å². The summed E-state index contributed by atoms with van der Waals surface area (Å²) in [5.41, 5.74) is 4.81. The van der Waals surface area contributed by atoms with E-state index in [2.05, 4.69) is 12.1 Å². The van der Waals surface area contributed by atoms with Gasteiger partial charge in [-0.25, -0.2) is 0 Å². The predicted octanol–water partition coefficient (Wildman–Crippen LogP) is 2.58. The molecule has 5 heteroatoms. The molecule has 0 aliphatic heterocycles. The first-order valence-electron chi connectivity index (χ1n) is 7.65. The van der Waals surface area contributed by atoms with Crippen molar-refractivity contribution in [2.45, 2.75) is 65.3 Å². The molecule has 1 fully saturated rings. The second-order valence-corrected chi connectivity index (χ2v) is 6.17. The standard InChI is InChI=1S/C15H29N3O2/c1-5-11-7-9-12(10-8-11)18(4)14(19)15(3,6-2)13(16)17-20/h11-12,20H,5-10H2,1-4H3,(H2,16,17). The molecule has 20 heavy (non-hydrogen) atoms. The van der Waals surface area contributed by atoms with Crippen molar-refractivity contribution in [1.29, 1.82) is 0 Å². The van der Waals surface area contributed by atoms with E-state index in [4.69, 9.17) is 10.9 Å². The molecule has 0 radical (unpaired) electrons. The zero-order chi connectivity index (χ0) is 15.3. The maximum Gasteiger partial charge on any atom is 0.236 e. The Morgan fingerprint density at radius 2 is 1.90 bits per heavy atom. The van der Waals surface area contributed by atoms with Crippen molar-refractivity contribution in [3.05, 3.63) is 0 Å². The Balaban J connectivity index is 2.76. The molecule has 0 aromatic carbocycles. The first kappa shape index (κ1) is 16.8. The van der Waals surface area contributed by atoms with Crippen molar-refractivity contribution in [1.82, 2.24) is 4.90 Å². The van der Waals surface area contributed by atoms with Crippen molar-refractivity contribution < 1.29 is 10.0 Å². The van der Waals surface area contributed by atoms with Crippen molar-refractivity contribution >= 4 is 11.7 Å². The van der Waals surface area contributed by atoms with E-state index < -0.39 is 5.41 Å². The maximum absolute atomic E-state index is 12.7. The largest absolute Gasteiger partial charge is 0.409 e. The highest BCUT2D eigenvalue weighted by molar-refractivity contribution is 6.06. The van der Waals surface area contributed by atoms with Gasteiger partial charge in [-0.15, -0.1) is 0 Å². The average molecular weight is 283 g/mol. The lowest BCUT2D eigenvalue weighted by Gasteiger charge is -2.38. The molecule has 1 aliphatic rings. The molecule has 0 saturated heterocycles. The Hall–Kier alpha value is -1.26. The molecule has 0 bridgehead atoms. The Bertz CT molecular complexity index is 362. The highest BCUT2D eigenvalue weighted by Crippen LogP contribution is 2.32. The summed E-state index contributed by atoms with van der Waals surface area (Å²) in [5, 5.41) is 12.0. The molecule has 1 aliphatic carbocycles. The fourth-order valence-electron chi connectivity index (χ4n) is 3.05. The molecule has 1 saturated carbocycles. The number of oxime groups is 1. The fraction of sp³-hybridized carbons (Fsp3) is 0.867. The molecule has 1 unspecified atom stereocenters. The van der Waals surface area contributed by atoms with E-state index in [1.54, 1.807) is 6.92 Å². The van der Waals surface area contributed by atoms with Crippen molar-refractivity contribution in [2.75, 3.05) is 7.05 Å². The monoisotopic (exact) mass is 283 g/mol. The molecule has 0 aromatic heterocycles. The molecule has 5 nitrogen and oxygen atoms in total. The summed E-state index contributed by atoms with van der Waals surface area (Å²) in [5.74, 6) is 0.755. The molecule has 0 heterocycles. The normalized spacial score (nSPS) is 26.9. The van der Waals surface area contributed by atoms with E-state index in [0.717, 1.165) is 18.8 Å². The summed E-state index contributed by atoms with van der Waals surface area (Å²) in [4.78, 5) is 14.5. The smallest absolute Gasteiger partial charge is 0.236 e. The van der Waals surface area contributed by atoms with Gasteiger partial charge in [0.2, 0.25) is 5.91 Å². The van der Waals surface area contributed by atoms with E-state index in [9.17, 15) is 4.79 Å². The van der Waals surface area contributed by atoms with Crippen LogP contribution in [0.2, 0.25) is 0 Å². The number of carbonyl (C=O) groups excluding carboxylic acids is 1. The van der Waals surface area contributed by atoms with E-state index in [1.165, 1.54) is 19.3 Å². The number of amides is 1. The average Bonchev–Trinajstić information content (AvgIpc) is 2.51. The van der Waals surface area contributed by atoms with Crippen LogP contribution in [0.3, 0.4) is 0 Å². The van der Waals surface area contributed by atoms with Crippen LogP contribution in [0.4, 0.5) is 0 Å². The number of nitrogens with two attached hydrogens (primary N) is 1. The third-order valence-corrected chi connectivity index (χ3v) is 5.11. The lowest BCUT2D eigenvalue weighted by atomic mass is 9.81. The number of amidine groups is 1. The van der Waals surface area contributed by atoms with Gasteiger partial charge in [0.15, 0.2) is 5.84 Å². The number of rotatable bonds is 5. The van der Waals surface area contributed by atoms with Crippen LogP contribution in [-0.4, -0.2) is 34.9 Å². The molecule has 1 rings (SSSR count). The van der Waals surface area contributed by atoms with E-state index in [-0.39, 0.29) is 17.8 Å². The second-order valence-electron chi connectivity index (χ2n) is 6.17. The molecule has 1 atom stereocenters. The number of hydrogen-bond acceptors (Lipinski definition) is 3. The van der Waals surface area contributed by atoms with Crippen LogP contribution in [0, 0.1) is 11.3 Å². The van der Waals surface area contributed by atoms with Gasteiger partial charge in [-0.1, -0.05) is 25.4 Å². The minimum atomic E-state index is -0.912. The molecule has 116 valence electrons. The van der Waals surface area contributed by atoms with Gasteiger partial charge < -0.3 is 15.8 Å². The topological polar surface area (TPSA) is 78.9 Å². The van der Waals surface area contributed by atoms with Crippen molar-refractivity contribution in [3.8, 4) is 0 Å². The Morgan fingerprint density at radius 1 is 1.35 bits per heavy atom. The van der Waals surface area contributed by atoms with Crippen molar-refractivity contribution in [2.24, 2.45) is 22.2 Å². The van der Waals surface area contributed by atoms with Crippen molar-refractivity contribution in [3.63, 3.8) is 0 Å². The number of nitrogens with zero attached hydrogens (tertiary/aromatic N) is 2. The summed E-state index contributed by atoms with van der Waals surface area (Å²) in [6.45, 7) is 5.86. The minimum absolute atomic E-state index is 0.000839. The zero-order valence-electron chi connectivity index (χ0n) is 13.2. The number of carbonyl (C=O) groups is 1. The fourth-order valence-corrected chi connectivity index (χ4v) is 3.05. The first-order valence-corrected chi connectivity index (χ1v) is 7.65. The minimum Gasteiger partial charge on any atom is -0.409 e. The molecule has 0 aromatic rings. The van der Waals surface area contributed by atoms with E-state index >= 15 is 0 Å². The van der Waals surface area contributed by atoms with Gasteiger partial charge in [0, 0.05) is 13.1 Å². The molecular weight excluding hydrogens is 254 g/mol. The van der Waals surface area contributed by atoms with Crippen LogP contribution in [0.5, 0.6) is 0 Å². The van der Waals surface area contributed by atoms with Crippen LogP contribution >= 0.6 is 0 Å². The summed E-state index contributed by atoms with van der Waals surface area (Å²) >= 11 is 0. The van der Waals surface area contributed by atoms with Gasteiger partial charge in [-0.05, 0) is 44.9 Å². The van der Waals surface area contributed by atoms with Gasteiger partial charge in [0.05, 0.1) is 0 Å². The summed E-state index contributed by atoms with van der Waals surface area (Å²) in [6.07, 6.45) is 6.22. The predicted molar refractivity (Wildman–Crippen MR) is 80.6 cm³/mol. The van der Waals surface area contributed by atoms with Crippen LogP contribution in [0.25, 0.3) is 0 Å². The lowest BCUT2D eigenvalue weighted by Crippen LogP contribution is -2.51. The van der Waals surface area contributed by atoms with Gasteiger partial charge in [0.25, 0.3) is 0 Å². The number of hydrogen-bond donors (Lipinski definition) is 2. The van der Waals surface area contributed by atoms with Crippen LogP contribution in [0.15, 0.2) is 5.16 Å². The highest BCUT2D eigenvalue weighted by atomic mass is 16.4. The zero-order valence-corrected chi connectivity index (χ0v) is 13.2. The third kappa shape index (κ3) is 3.25. The Kier molecular flexibility index (Phi) is 5.84.